The summed E-state index contributed by atoms with van der Waals surface area (Å²) in [6, 6.07) is -0.0650. The number of nitrogens with zero attached hydrogens (tertiary/aromatic N) is 2. The predicted molar refractivity (Wildman–Crippen MR) is 105 cm³/mol. The Bertz CT molecular complexity index is 998. The number of benzene rings is 1. The zero-order valence-corrected chi connectivity index (χ0v) is 19.0. The second-order valence-corrected chi connectivity index (χ2v) is 9.66. The Balaban J connectivity index is 2.45. The summed E-state index contributed by atoms with van der Waals surface area (Å²) in [5.41, 5.74) is -6.01. The molecule has 0 spiro atoms. The van der Waals surface area contributed by atoms with Crippen molar-refractivity contribution in [2.75, 3.05) is 26.2 Å². The van der Waals surface area contributed by atoms with Crippen LogP contribution in [0.5, 0.6) is 0 Å². The van der Waals surface area contributed by atoms with Crippen LogP contribution in [0.4, 0.5) is 31.1 Å². The van der Waals surface area contributed by atoms with Gasteiger partial charge in [0.25, 0.3) is 5.91 Å². The maximum absolute atomic E-state index is 13.1. The molecule has 1 heterocycles. The molecular weight excluding hydrogens is 498 g/mol. The van der Waals surface area contributed by atoms with Crippen molar-refractivity contribution >= 4 is 22.2 Å². The SMILES string of the molecule is CC(C)(C)OC(=O)N(N1CCNCC1)S(=O)(=O)NC(=O)c1cc(C(F)(F)F)cc(C(F)(F)F)c1. The summed E-state index contributed by atoms with van der Waals surface area (Å²) in [4.78, 5) is 25.1. The first-order chi connectivity index (χ1) is 15.3. The molecule has 0 aliphatic carbocycles. The molecule has 1 aliphatic rings. The van der Waals surface area contributed by atoms with Crippen LogP contribution in [0, 0.1) is 0 Å². The van der Waals surface area contributed by atoms with Crippen LogP contribution in [0.1, 0.15) is 42.3 Å². The molecule has 2 N–H and O–H groups in total. The van der Waals surface area contributed by atoms with E-state index in [0.29, 0.717) is 0 Å². The monoisotopic (exact) mass is 520 g/mol. The number of carbonyl (C=O) groups is 2. The normalized spacial score (nSPS) is 16.1. The van der Waals surface area contributed by atoms with Gasteiger partial charge >= 0.3 is 28.7 Å². The third kappa shape index (κ3) is 7.20. The maximum atomic E-state index is 13.1. The summed E-state index contributed by atoms with van der Waals surface area (Å²) >= 11 is 0. The van der Waals surface area contributed by atoms with Gasteiger partial charge in [0.1, 0.15) is 5.60 Å². The van der Waals surface area contributed by atoms with E-state index >= 15 is 0 Å². The number of rotatable bonds is 4. The van der Waals surface area contributed by atoms with Crippen molar-refractivity contribution < 1.29 is 49.1 Å². The Morgan fingerprint density at radius 2 is 1.44 bits per heavy atom. The Hall–Kier alpha value is -2.59. The molecule has 0 bridgehead atoms. The van der Waals surface area contributed by atoms with E-state index < -0.39 is 56.9 Å². The second kappa shape index (κ2) is 9.58. The average Bonchev–Trinajstić information content (AvgIpc) is 2.65. The minimum atomic E-state index is -5.25. The van der Waals surface area contributed by atoms with Gasteiger partial charge in [-0.2, -0.15) is 39.8 Å². The maximum Gasteiger partial charge on any atom is 0.440 e. The Labute approximate surface area is 191 Å². The van der Waals surface area contributed by atoms with Gasteiger partial charge in [-0.05, 0) is 39.0 Å². The van der Waals surface area contributed by atoms with Gasteiger partial charge in [-0.15, -0.1) is 4.41 Å². The van der Waals surface area contributed by atoms with Crippen molar-refractivity contribution in [2.45, 2.75) is 38.7 Å². The van der Waals surface area contributed by atoms with E-state index in [1.807, 2.05) is 0 Å². The topological polar surface area (TPSA) is 108 Å². The van der Waals surface area contributed by atoms with Crippen molar-refractivity contribution in [3.8, 4) is 0 Å². The Kier molecular flexibility index (Phi) is 7.79. The number of piperazine rings is 1. The molecule has 0 unspecified atom stereocenters. The van der Waals surface area contributed by atoms with E-state index in [0.717, 1.165) is 5.01 Å². The molecule has 34 heavy (non-hydrogen) atoms. The van der Waals surface area contributed by atoms with Crippen LogP contribution in [0.15, 0.2) is 18.2 Å². The van der Waals surface area contributed by atoms with Crippen LogP contribution in [0.25, 0.3) is 0 Å². The summed E-state index contributed by atoms with van der Waals surface area (Å²) in [6.45, 7) is 4.73. The van der Waals surface area contributed by atoms with Crippen molar-refractivity contribution in [2.24, 2.45) is 0 Å². The highest BCUT2D eigenvalue weighted by molar-refractivity contribution is 7.88. The van der Waals surface area contributed by atoms with Gasteiger partial charge in [-0.1, -0.05) is 0 Å². The van der Waals surface area contributed by atoms with Gasteiger partial charge in [-0.25, -0.2) is 9.52 Å². The summed E-state index contributed by atoms with van der Waals surface area (Å²) in [5.74, 6) is -1.81. The third-order valence-corrected chi connectivity index (χ3v) is 5.48. The highest BCUT2D eigenvalue weighted by Crippen LogP contribution is 2.36. The van der Waals surface area contributed by atoms with Crippen LogP contribution in [0.2, 0.25) is 0 Å². The lowest BCUT2D eigenvalue weighted by molar-refractivity contribution is -0.143. The molecule has 9 nitrogen and oxygen atoms in total. The number of nitrogens with one attached hydrogen (secondary N) is 2. The zero-order valence-electron chi connectivity index (χ0n) is 18.2. The number of hydrogen-bond acceptors (Lipinski definition) is 7. The summed E-state index contributed by atoms with van der Waals surface area (Å²) in [7, 11) is -5.14. The summed E-state index contributed by atoms with van der Waals surface area (Å²) in [5, 5.41) is 3.91. The van der Waals surface area contributed by atoms with Gasteiger partial charge in [0.2, 0.25) is 0 Å². The van der Waals surface area contributed by atoms with Crippen LogP contribution >= 0.6 is 0 Å². The minimum absolute atomic E-state index is 0.0316. The fourth-order valence-corrected chi connectivity index (χ4v) is 3.95. The highest BCUT2D eigenvalue weighted by atomic mass is 32.2. The van der Waals surface area contributed by atoms with E-state index in [-0.39, 0.29) is 48.8 Å². The molecule has 0 radical (unpaired) electrons. The Morgan fingerprint density at radius 1 is 0.971 bits per heavy atom. The summed E-state index contributed by atoms with van der Waals surface area (Å²) in [6.07, 6.45) is -11.9. The quantitative estimate of drug-likeness (QED) is 0.588. The smallest absolute Gasteiger partial charge is 0.440 e. The number of hydrogen-bond donors (Lipinski definition) is 2. The number of ether oxygens (including phenoxy) is 1. The molecule has 0 atom stereocenters. The number of carbonyl (C=O) groups excluding carboxylic acids is 2. The molecule has 0 aromatic heterocycles. The van der Waals surface area contributed by atoms with Crippen molar-refractivity contribution in [1.29, 1.82) is 0 Å². The third-order valence-electron chi connectivity index (χ3n) is 4.20. The first kappa shape index (κ1) is 27.7. The lowest BCUT2D eigenvalue weighted by Gasteiger charge is -2.36. The molecule has 2 amide bonds. The van der Waals surface area contributed by atoms with Crippen molar-refractivity contribution in [1.82, 2.24) is 19.5 Å². The molecule has 2 rings (SSSR count). The fraction of sp³-hybridized carbons (Fsp3) is 0.556. The van der Waals surface area contributed by atoms with Crippen LogP contribution < -0.4 is 10.0 Å². The second-order valence-electron chi connectivity index (χ2n) is 8.16. The van der Waals surface area contributed by atoms with Crippen LogP contribution in [0.3, 0.4) is 0 Å². The Morgan fingerprint density at radius 3 is 1.85 bits per heavy atom. The molecule has 1 aliphatic heterocycles. The number of hydrazine groups is 1. The molecule has 1 fully saturated rings. The van der Waals surface area contributed by atoms with E-state index in [4.69, 9.17) is 4.74 Å². The summed E-state index contributed by atoms with van der Waals surface area (Å²) < 4.78 is 111. The van der Waals surface area contributed by atoms with Crippen molar-refractivity contribution in [3.05, 3.63) is 34.9 Å². The fourth-order valence-electron chi connectivity index (χ4n) is 2.81. The molecule has 1 saturated heterocycles. The van der Waals surface area contributed by atoms with Gasteiger partial charge in [0.15, 0.2) is 0 Å². The zero-order chi connectivity index (χ0) is 26.1. The lowest BCUT2D eigenvalue weighted by Crippen LogP contribution is -2.60. The standard InChI is InChI=1S/C18H22F6N4O5S/c1-16(2,3)33-15(30)28(27-6-4-25-5-7-27)34(31,32)26-14(29)11-8-12(17(19,20)21)10-13(9-11)18(22,23)24/h8-10,25H,4-7H2,1-3H3,(H,26,29). The van der Waals surface area contributed by atoms with E-state index in [1.165, 1.54) is 25.5 Å². The van der Waals surface area contributed by atoms with Crippen LogP contribution in [-0.2, 0) is 27.3 Å². The first-order valence-electron chi connectivity index (χ1n) is 9.67. The predicted octanol–water partition coefficient (Wildman–Crippen LogP) is 2.76. The average molecular weight is 520 g/mol. The molecular formula is C18H22F6N4O5S. The van der Waals surface area contributed by atoms with Gasteiger partial charge in [-0.3, -0.25) is 4.79 Å². The minimum Gasteiger partial charge on any atom is -0.442 e. The van der Waals surface area contributed by atoms with E-state index in [1.54, 1.807) is 0 Å². The molecule has 0 saturated carbocycles. The number of amides is 2. The van der Waals surface area contributed by atoms with Crippen LogP contribution in [-0.4, -0.2) is 61.6 Å². The number of alkyl halides is 6. The highest BCUT2D eigenvalue weighted by Gasteiger charge is 2.40. The largest absolute Gasteiger partial charge is 0.442 e. The van der Waals surface area contributed by atoms with Gasteiger partial charge in [0.05, 0.1) is 11.1 Å². The van der Waals surface area contributed by atoms with Crippen molar-refractivity contribution in [3.63, 3.8) is 0 Å². The van der Waals surface area contributed by atoms with E-state index in [2.05, 4.69) is 5.32 Å². The molecule has 1 aromatic rings. The number of halogens is 6. The molecule has 1 aromatic carbocycles. The molecule has 192 valence electrons. The van der Waals surface area contributed by atoms with E-state index in [9.17, 15) is 44.3 Å². The molecule has 16 heteroatoms. The lowest BCUT2D eigenvalue weighted by atomic mass is 10.0. The van der Waals surface area contributed by atoms with Gasteiger partial charge in [0, 0.05) is 31.7 Å². The van der Waals surface area contributed by atoms with Gasteiger partial charge < -0.3 is 10.1 Å². The first-order valence-corrected chi connectivity index (χ1v) is 11.1.